The molecule has 0 saturated carbocycles. The number of hydrazone groups is 1. The second kappa shape index (κ2) is 9.37. The lowest BCUT2D eigenvalue weighted by Crippen LogP contribution is -2.45. The molecule has 30 heavy (non-hydrogen) atoms. The van der Waals surface area contributed by atoms with Gasteiger partial charge >= 0.3 is 6.03 Å². The Kier molecular flexibility index (Phi) is 7.06. The minimum Gasteiger partial charge on any atom is -0.388 e. The molecule has 3 N–H and O–H groups in total. The van der Waals surface area contributed by atoms with Gasteiger partial charge in [-0.3, -0.25) is 10.7 Å². The number of hydrogen-bond donors (Lipinski definition) is 3. The van der Waals surface area contributed by atoms with Crippen LogP contribution < -0.4 is 10.7 Å². The number of piperidine rings is 1. The number of aliphatic hydroxyl groups is 1. The summed E-state index contributed by atoms with van der Waals surface area (Å²) < 4.78 is 0. The molecule has 6 nitrogen and oxygen atoms in total. The van der Waals surface area contributed by atoms with Crippen LogP contribution in [0.2, 0.25) is 5.02 Å². The molecule has 0 radical (unpaired) electrons. The first kappa shape index (κ1) is 22.6. The second-order valence-corrected chi connectivity index (χ2v) is 9.73. The molecule has 8 heteroatoms. The number of aliphatic hydroxyl groups excluding tert-OH is 1. The van der Waals surface area contributed by atoms with E-state index in [1.807, 2.05) is 35.4 Å². The van der Waals surface area contributed by atoms with Crippen molar-refractivity contribution >= 4 is 46.4 Å². The third-order valence-corrected chi connectivity index (χ3v) is 7.11. The van der Waals surface area contributed by atoms with Crippen LogP contribution in [-0.2, 0) is 0 Å². The molecule has 1 aromatic carbocycles. The van der Waals surface area contributed by atoms with Gasteiger partial charge in [-0.1, -0.05) is 25.4 Å². The largest absolute Gasteiger partial charge is 0.388 e. The Hall–Kier alpha value is -2.09. The molecule has 1 aromatic heterocycles. The average molecular weight is 449 g/mol. The molecule has 0 aliphatic carbocycles. The van der Waals surface area contributed by atoms with Gasteiger partial charge in [0.05, 0.1) is 16.8 Å². The van der Waals surface area contributed by atoms with Gasteiger partial charge in [0.2, 0.25) is 0 Å². The fourth-order valence-corrected chi connectivity index (χ4v) is 5.09. The molecular weight excluding hydrogens is 420 g/mol. The van der Waals surface area contributed by atoms with E-state index in [-0.39, 0.29) is 11.9 Å². The molecular formula is C22H29ClN4O2S. The number of carbonyl (C=O) groups is 1. The van der Waals surface area contributed by atoms with Crippen LogP contribution in [0.4, 0.5) is 15.5 Å². The van der Waals surface area contributed by atoms with Crippen LogP contribution in [0.5, 0.6) is 0 Å². The first-order valence-corrected chi connectivity index (χ1v) is 11.3. The van der Waals surface area contributed by atoms with Crippen LogP contribution in [-0.4, -0.2) is 35.8 Å². The predicted octanol–water partition coefficient (Wildman–Crippen LogP) is 5.74. The zero-order valence-corrected chi connectivity index (χ0v) is 19.2. The van der Waals surface area contributed by atoms with Crippen LogP contribution in [0.25, 0.3) is 0 Å². The van der Waals surface area contributed by atoms with Crippen molar-refractivity contribution in [2.24, 2.45) is 16.4 Å². The average Bonchev–Trinajstić information content (AvgIpc) is 3.22. The molecule has 1 aliphatic heterocycles. The van der Waals surface area contributed by atoms with Gasteiger partial charge in [0.1, 0.15) is 0 Å². The van der Waals surface area contributed by atoms with E-state index < -0.39 is 11.5 Å². The molecule has 1 fully saturated rings. The Morgan fingerprint density at radius 2 is 2.10 bits per heavy atom. The van der Waals surface area contributed by atoms with Gasteiger partial charge in [0.15, 0.2) is 0 Å². The topological polar surface area (TPSA) is 77.0 Å². The fourth-order valence-electron chi connectivity index (χ4n) is 4.20. The molecule has 2 amide bonds. The second-order valence-electron chi connectivity index (χ2n) is 8.35. The Balaban J connectivity index is 1.70. The van der Waals surface area contributed by atoms with Crippen LogP contribution in [0, 0.1) is 18.3 Å². The SMILES string of the molecule is C=NNc1c(C)cc(Cl)cc1C(O)C(C)(C)C1CCN(C(=O)Nc2cccs2)CC1. The highest BCUT2D eigenvalue weighted by Crippen LogP contribution is 2.47. The molecule has 1 aliphatic rings. The van der Waals surface area contributed by atoms with Gasteiger partial charge in [-0.2, -0.15) is 5.10 Å². The summed E-state index contributed by atoms with van der Waals surface area (Å²) in [5, 5.41) is 21.5. The Bertz CT molecular complexity index is 893. The minimum absolute atomic E-state index is 0.0664. The third kappa shape index (κ3) is 4.79. The maximum atomic E-state index is 12.5. The number of anilines is 2. The lowest BCUT2D eigenvalue weighted by atomic mass is 9.68. The third-order valence-electron chi connectivity index (χ3n) is 6.11. The van der Waals surface area contributed by atoms with Crippen molar-refractivity contribution in [2.75, 3.05) is 23.8 Å². The first-order chi connectivity index (χ1) is 14.2. The summed E-state index contributed by atoms with van der Waals surface area (Å²) in [4.78, 5) is 14.3. The number of hydrogen-bond acceptors (Lipinski definition) is 5. The van der Waals surface area contributed by atoms with Gasteiger partial charge in [-0.25, -0.2) is 4.79 Å². The monoisotopic (exact) mass is 448 g/mol. The van der Waals surface area contributed by atoms with E-state index in [2.05, 4.69) is 36.4 Å². The van der Waals surface area contributed by atoms with Gasteiger partial charge in [0, 0.05) is 30.4 Å². The van der Waals surface area contributed by atoms with Crippen molar-refractivity contribution in [2.45, 2.75) is 39.7 Å². The maximum absolute atomic E-state index is 12.5. The Morgan fingerprint density at radius 1 is 1.40 bits per heavy atom. The highest BCUT2D eigenvalue weighted by molar-refractivity contribution is 7.14. The van der Waals surface area contributed by atoms with Crippen molar-refractivity contribution in [1.29, 1.82) is 0 Å². The zero-order chi connectivity index (χ0) is 21.9. The molecule has 1 unspecified atom stereocenters. The number of nitrogens with zero attached hydrogens (tertiary/aromatic N) is 2. The summed E-state index contributed by atoms with van der Waals surface area (Å²) in [7, 11) is 0. The number of nitrogens with one attached hydrogen (secondary N) is 2. The van der Waals surface area contributed by atoms with Crippen LogP contribution in [0.15, 0.2) is 34.7 Å². The lowest BCUT2D eigenvalue weighted by molar-refractivity contribution is -0.0142. The molecule has 162 valence electrons. The summed E-state index contributed by atoms with van der Waals surface area (Å²) >= 11 is 7.79. The van der Waals surface area contributed by atoms with E-state index in [1.165, 1.54) is 11.3 Å². The van der Waals surface area contributed by atoms with E-state index in [0.717, 1.165) is 34.7 Å². The lowest BCUT2D eigenvalue weighted by Gasteiger charge is -2.43. The van der Waals surface area contributed by atoms with Crippen molar-refractivity contribution in [1.82, 2.24) is 4.90 Å². The molecule has 0 spiro atoms. The van der Waals surface area contributed by atoms with Gasteiger partial charge in [0.25, 0.3) is 0 Å². The van der Waals surface area contributed by atoms with E-state index in [4.69, 9.17) is 11.6 Å². The fraction of sp³-hybridized carbons (Fsp3) is 0.455. The number of urea groups is 1. The molecule has 1 atom stereocenters. The van der Waals surface area contributed by atoms with Crippen LogP contribution >= 0.6 is 22.9 Å². The van der Waals surface area contributed by atoms with Crippen LogP contribution in [0.1, 0.15) is 43.9 Å². The number of benzene rings is 1. The number of rotatable bonds is 6. The van der Waals surface area contributed by atoms with Gasteiger partial charge in [-0.05, 0) is 66.3 Å². The Morgan fingerprint density at radius 3 is 2.70 bits per heavy atom. The summed E-state index contributed by atoms with van der Waals surface area (Å²) in [6.45, 7) is 10.9. The number of carbonyl (C=O) groups excluding carboxylic acids is 1. The van der Waals surface area contributed by atoms with Crippen molar-refractivity contribution in [3.05, 3.63) is 45.8 Å². The quantitative estimate of drug-likeness (QED) is 0.389. The van der Waals surface area contributed by atoms with E-state index in [1.54, 1.807) is 6.07 Å². The van der Waals surface area contributed by atoms with Crippen LogP contribution in [0.3, 0.4) is 0 Å². The Labute approximate surface area is 186 Å². The summed E-state index contributed by atoms with van der Waals surface area (Å²) in [5.41, 5.74) is 4.85. The van der Waals surface area contributed by atoms with E-state index >= 15 is 0 Å². The number of halogens is 1. The smallest absolute Gasteiger partial charge is 0.322 e. The number of thiophene rings is 1. The molecule has 2 aromatic rings. The highest BCUT2D eigenvalue weighted by atomic mass is 35.5. The van der Waals surface area contributed by atoms with Crippen molar-refractivity contribution < 1.29 is 9.90 Å². The molecule has 3 rings (SSSR count). The minimum atomic E-state index is -0.740. The predicted molar refractivity (Wildman–Crippen MR) is 126 cm³/mol. The van der Waals surface area contributed by atoms with E-state index in [0.29, 0.717) is 18.1 Å². The number of likely N-dealkylation sites (tertiary alicyclic amines) is 1. The first-order valence-electron chi connectivity index (χ1n) is 10.0. The molecule has 1 saturated heterocycles. The van der Waals surface area contributed by atoms with Crippen molar-refractivity contribution in [3.8, 4) is 0 Å². The molecule has 2 heterocycles. The highest BCUT2D eigenvalue weighted by Gasteiger charge is 2.40. The zero-order valence-electron chi connectivity index (χ0n) is 17.6. The van der Waals surface area contributed by atoms with Crippen molar-refractivity contribution in [3.63, 3.8) is 0 Å². The summed E-state index contributed by atoms with van der Waals surface area (Å²) in [6, 6.07) is 7.37. The maximum Gasteiger partial charge on any atom is 0.322 e. The molecule has 0 bridgehead atoms. The standard InChI is InChI=1S/C22H29ClN4O2S/c1-14-12-16(23)13-17(19(14)26-24-4)20(28)22(2,3)15-7-9-27(10-8-15)21(29)25-18-6-5-11-30-18/h5-6,11-13,15,20,26,28H,4,7-10H2,1-3H3,(H,25,29). The number of aryl methyl sites for hydroxylation is 1. The van der Waals surface area contributed by atoms with Gasteiger partial charge in [-0.15, -0.1) is 11.3 Å². The summed E-state index contributed by atoms with van der Waals surface area (Å²) in [5.74, 6) is 0.252. The van der Waals surface area contributed by atoms with E-state index in [9.17, 15) is 9.90 Å². The van der Waals surface area contributed by atoms with Gasteiger partial charge < -0.3 is 10.0 Å². The normalized spacial score (nSPS) is 16.2. The number of amides is 2. The summed E-state index contributed by atoms with van der Waals surface area (Å²) in [6.07, 6.45) is 0.907.